The number of hydrogen-bond donors (Lipinski definition) is 0. The van der Waals surface area contributed by atoms with E-state index in [1.54, 1.807) is 0 Å². The first-order valence-electron chi connectivity index (χ1n) is 8.23. The second-order valence-electron chi connectivity index (χ2n) is 5.77. The van der Waals surface area contributed by atoms with Gasteiger partial charge in [-0.3, -0.25) is 14.5 Å². The Kier molecular flexibility index (Phi) is 7.13. The first-order chi connectivity index (χ1) is 12.5. The van der Waals surface area contributed by atoms with Gasteiger partial charge in [0.1, 0.15) is 18.4 Å². The number of rotatable bonds is 8. The summed E-state index contributed by atoms with van der Waals surface area (Å²) in [4.78, 5) is 48.1. The van der Waals surface area contributed by atoms with Crippen LogP contribution in [0.1, 0.15) is 31.2 Å². The van der Waals surface area contributed by atoms with Crippen LogP contribution < -0.4 is 0 Å². The quantitative estimate of drug-likeness (QED) is 0.513. The minimum Gasteiger partial charge on any atom is -0.469 e. The zero-order chi connectivity index (χ0) is 18.9. The van der Waals surface area contributed by atoms with Crippen LogP contribution in [-0.4, -0.2) is 48.6 Å². The van der Waals surface area contributed by atoms with Gasteiger partial charge in [-0.05, 0) is 12.0 Å². The summed E-state index contributed by atoms with van der Waals surface area (Å²) in [6, 6.07) is 8.28. The molecule has 1 aliphatic rings. The summed E-state index contributed by atoms with van der Waals surface area (Å²) in [5.41, 5.74) is 0.821. The van der Waals surface area contributed by atoms with Gasteiger partial charge in [-0.1, -0.05) is 30.3 Å². The van der Waals surface area contributed by atoms with Crippen LogP contribution in [0.4, 0.5) is 4.79 Å². The van der Waals surface area contributed by atoms with Crippen LogP contribution in [-0.2, 0) is 35.2 Å². The maximum atomic E-state index is 12.2. The lowest BCUT2D eigenvalue weighted by atomic mass is 10.1. The van der Waals surface area contributed by atoms with Crippen molar-refractivity contribution < 1.29 is 33.4 Å². The first-order valence-corrected chi connectivity index (χ1v) is 8.23. The molecular weight excluding hydrogens is 342 g/mol. The van der Waals surface area contributed by atoms with Gasteiger partial charge in [-0.25, -0.2) is 9.59 Å². The summed E-state index contributed by atoms with van der Waals surface area (Å²) in [5.74, 6) is -1.22. The lowest BCUT2D eigenvalue weighted by molar-refractivity contribution is -0.142. The van der Waals surface area contributed by atoms with Gasteiger partial charge in [0, 0.05) is 12.8 Å². The molecule has 1 aromatic rings. The third-order valence-corrected chi connectivity index (χ3v) is 3.97. The zero-order valence-corrected chi connectivity index (χ0v) is 14.5. The molecule has 0 N–H and O–H groups in total. The van der Waals surface area contributed by atoms with Crippen molar-refractivity contribution in [2.75, 3.05) is 13.8 Å². The average Bonchev–Trinajstić information content (AvgIpc) is 3.03. The van der Waals surface area contributed by atoms with Crippen molar-refractivity contribution in [3.8, 4) is 0 Å². The van der Waals surface area contributed by atoms with E-state index in [1.807, 2.05) is 30.3 Å². The van der Waals surface area contributed by atoms with Crippen molar-refractivity contribution >= 4 is 23.8 Å². The number of methoxy groups -OCH3 is 1. The van der Waals surface area contributed by atoms with Gasteiger partial charge in [0.05, 0.1) is 13.5 Å². The van der Waals surface area contributed by atoms with E-state index in [0.717, 1.165) is 5.56 Å². The number of carbonyl (C=O) groups excluding carboxylic acids is 4. The summed E-state index contributed by atoms with van der Waals surface area (Å²) >= 11 is 0. The van der Waals surface area contributed by atoms with Gasteiger partial charge in [0.15, 0.2) is 6.73 Å². The highest BCUT2D eigenvalue weighted by Crippen LogP contribution is 2.19. The molecule has 0 aliphatic carbocycles. The fourth-order valence-electron chi connectivity index (χ4n) is 2.47. The van der Waals surface area contributed by atoms with E-state index in [0.29, 0.717) is 0 Å². The Labute approximate surface area is 151 Å². The van der Waals surface area contributed by atoms with Gasteiger partial charge in [-0.15, -0.1) is 0 Å². The molecule has 8 heteroatoms. The molecule has 1 atom stereocenters. The highest BCUT2D eigenvalue weighted by Gasteiger charge is 2.38. The third kappa shape index (κ3) is 5.58. The number of ether oxygens (including phenoxy) is 3. The number of esters is 2. The summed E-state index contributed by atoms with van der Waals surface area (Å²) < 4.78 is 14.6. The van der Waals surface area contributed by atoms with Crippen molar-refractivity contribution in [2.24, 2.45) is 0 Å². The molecule has 2 rings (SSSR count). The smallest absolute Gasteiger partial charge is 0.413 e. The third-order valence-electron chi connectivity index (χ3n) is 3.97. The predicted molar refractivity (Wildman–Crippen MR) is 88.7 cm³/mol. The van der Waals surface area contributed by atoms with Crippen molar-refractivity contribution in [2.45, 2.75) is 38.3 Å². The normalized spacial score (nSPS) is 16.1. The van der Waals surface area contributed by atoms with Crippen molar-refractivity contribution in [3.05, 3.63) is 35.9 Å². The lowest BCUT2D eigenvalue weighted by Crippen LogP contribution is -2.38. The largest absolute Gasteiger partial charge is 0.469 e. The average molecular weight is 363 g/mol. The SMILES string of the molecule is COC(=O)CCC(=O)CCC1C(=O)OCN1C(=O)OCc1ccccc1. The molecule has 8 nitrogen and oxygen atoms in total. The van der Waals surface area contributed by atoms with Crippen LogP contribution in [0, 0.1) is 0 Å². The second-order valence-corrected chi connectivity index (χ2v) is 5.77. The molecule has 1 heterocycles. The van der Waals surface area contributed by atoms with Crippen molar-refractivity contribution in [1.82, 2.24) is 4.90 Å². The molecule has 0 aromatic heterocycles. The van der Waals surface area contributed by atoms with Gasteiger partial charge in [-0.2, -0.15) is 0 Å². The fraction of sp³-hybridized carbons (Fsp3) is 0.444. The summed E-state index contributed by atoms with van der Waals surface area (Å²) in [7, 11) is 1.25. The molecule has 1 fully saturated rings. The summed E-state index contributed by atoms with van der Waals surface area (Å²) in [6.07, 6.45) is -0.467. The van der Waals surface area contributed by atoms with E-state index in [2.05, 4.69) is 4.74 Å². The van der Waals surface area contributed by atoms with E-state index in [9.17, 15) is 19.2 Å². The molecule has 0 bridgehead atoms. The highest BCUT2D eigenvalue weighted by atomic mass is 16.6. The minimum atomic E-state index is -0.861. The van der Waals surface area contributed by atoms with Gasteiger partial charge in [0.2, 0.25) is 0 Å². The molecule has 0 spiro atoms. The van der Waals surface area contributed by atoms with Crippen LogP contribution in [0.5, 0.6) is 0 Å². The monoisotopic (exact) mass is 363 g/mol. The van der Waals surface area contributed by atoms with E-state index in [1.165, 1.54) is 12.0 Å². The Morgan fingerprint density at radius 3 is 2.58 bits per heavy atom. The Morgan fingerprint density at radius 1 is 1.15 bits per heavy atom. The highest BCUT2D eigenvalue weighted by molar-refractivity contribution is 5.86. The topological polar surface area (TPSA) is 99.2 Å². The van der Waals surface area contributed by atoms with Crippen LogP contribution in [0.15, 0.2) is 30.3 Å². The standard InChI is InChI=1S/C18H21NO7/c1-24-16(21)10-8-14(20)7-9-15-17(22)26-12-19(15)18(23)25-11-13-5-3-2-4-6-13/h2-6,15H,7-12H2,1H3. The van der Waals surface area contributed by atoms with E-state index in [-0.39, 0.29) is 44.8 Å². The Morgan fingerprint density at radius 2 is 1.88 bits per heavy atom. The minimum absolute atomic E-state index is 0.00667. The predicted octanol–water partition coefficient (Wildman–Crippen LogP) is 1.81. The molecule has 26 heavy (non-hydrogen) atoms. The van der Waals surface area contributed by atoms with Gasteiger partial charge < -0.3 is 14.2 Å². The number of carbonyl (C=O) groups is 4. The van der Waals surface area contributed by atoms with Crippen molar-refractivity contribution in [3.63, 3.8) is 0 Å². The number of cyclic esters (lactones) is 1. The maximum Gasteiger partial charge on any atom is 0.413 e. The fourth-order valence-corrected chi connectivity index (χ4v) is 2.47. The van der Waals surface area contributed by atoms with Gasteiger partial charge >= 0.3 is 18.0 Å². The maximum absolute atomic E-state index is 12.2. The molecule has 140 valence electrons. The number of hydrogen-bond acceptors (Lipinski definition) is 7. The molecule has 1 saturated heterocycles. The van der Waals surface area contributed by atoms with Crippen LogP contribution in [0.25, 0.3) is 0 Å². The Bertz CT molecular complexity index is 659. The first kappa shape index (κ1) is 19.4. The number of amides is 1. The molecule has 0 radical (unpaired) electrons. The number of nitrogens with zero attached hydrogens (tertiary/aromatic N) is 1. The van der Waals surface area contributed by atoms with Crippen molar-refractivity contribution in [1.29, 1.82) is 0 Å². The van der Waals surface area contributed by atoms with E-state index in [4.69, 9.17) is 9.47 Å². The van der Waals surface area contributed by atoms with Crippen LogP contribution in [0.2, 0.25) is 0 Å². The van der Waals surface area contributed by atoms with E-state index >= 15 is 0 Å². The zero-order valence-electron chi connectivity index (χ0n) is 14.5. The Balaban J connectivity index is 1.82. The molecular formula is C18H21NO7. The van der Waals surface area contributed by atoms with Crippen LogP contribution in [0.3, 0.4) is 0 Å². The molecule has 1 aromatic carbocycles. The molecule has 1 unspecified atom stereocenters. The van der Waals surface area contributed by atoms with Gasteiger partial charge in [0.25, 0.3) is 0 Å². The van der Waals surface area contributed by atoms with E-state index < -0.39 is 24.1 Å². The number of benzene rings is 1. The number of Topliss-reactive ketones (excluding diaryl/α,β-unsaturated/α-hetero) is 1. The molecule has 1 aliphatic heterocycles. The summed E-state index contributed by atoms with van der Waals surface area (Å²) in [6.45, 7) is -0.122. The molecule has 0 saturated carbocycles. The lowest BCUT2D eigenvalue weighted by Gasteiger charge is -2.19. The Hall–Kier alpha value is -2.90. The molecule has 1 amide bonds. The summed E-state index contributed by atoms with van der Waals surface area (Å²) in [5, 5.41) is 0. The van der Waals surface area contributed by atoms with Crippen LogP contribution >= 0.6 is 0 Å². The second kappa shape index (κ2) is 9.55. The number of ketones is 1.